The first-order chi connectivity index (χ1) is 9.15. The van der Waals surface area contributed by atoms with Gasteiger partial charge in [-0.25, -0.2) is 0 Å². The fourth-order valence-electron chi connectivity index (χ4n) is 1.61. The van der Waals surface area contributed by atoms with E-state index in [1.54, 1.807) is 6.92 Å². The van der Waals surface area contributed by atoms with E-state index < -0.39 is 21.4 Å². The van der Waals surface area contributed by atoms with Gasteiger partial charge in [0.25, 0.3) is 0 Å². The van der Waals surface area contributed by atoms with E-state index in [4.69, 9.17) is 4.74 Å². The molecule has 9 heteroatoms. The summed E-state index contributed by atoms with van der Waals surface area (Å²) < 4.78 is 67.5. The van der Waals surface area contributed by atoms with Gasteiger partial charge in [0.05, 0.1) is 11.7 Å². The fraction of sp³-hybridized carbons (Fsp3) is 0.364. The normalized spacial score (nSPS) is 22.4. The molecule has 0 spiro atoms. The fourth-order valence-corrected chi connectivity index (χ4v) is 2.10. The van der Waals surface area contributed by atoms with Crippen LogP contribution in [0.25, 0.3) is 0 Å². The van der Waals surface area contributed by atoms with Crippen LogP contribution in [0.1, 0.15) is 28.9 Å². The van der Waals surface area contributed by atoms with E-state index >= 15 is 0 Å². The van der Waals surface area contributed by atoms with Crippen LogP contribution in [-0.4, -0.2) is 26.3 Å². The zero-order chi connectivity index (χ0) is 15.1. The molecule has 1 aliphatic heterocycles. The summed E-state index contributed by atoms with van der Waals surface area (Å²) in [7, 11) is -5.80. The lowest BCUT2D eigenvalue weighted by Gasteiger charge is -2.11. The molecule has 0 aromatic heterocycles. The molecule has 0 aliphatic carbocycles. The van der Waals surface area contributed by atoms with Crippen LogP contribution in [0, 0.1) is 0 Å². The van der Waals surface area contributed by atoms with Gasteiger partial charge in [-0.15, -0.1) is 0 Å². The molecule has 2 rings (SSSR count). The minimum atomic E-state index is -5.80. The Hall–Kier alpha value is -1.61. The molecule has 0 radical (unpaired) electrons. The summed E-state index contributed by atoms with van der Waals surface area (Å²) in [5.41, 5.74) is -5.28. The topological polar surface area (TPSA) is 73.0 Å². The SMILES string of the molecule is CC1OC1c1ccc(OS(=O)(=O)C(F)(F)F)c(C=O)c1. The summed E-state index contributed by atoms with van der Waals surface area (Å²) in [6.07, 6.45) is -0.0835. The quantitative estimate of drug-likeness (QED) is 0.369. The summed E-state index contributed by atoms with van der Waals surface area (Å²) in [4.78, 5) is 10.8. The third kappa shape index (κ3) is 2.78. The maximum absolute atomic E-state index is 12.2. The second kappa shape index (κ2) is 4.74. The third-order valence-corrected chi connectivity index (χ3v) is 3.65. The van der Waals surface area contributed by atoms with Gasteiger partial charge >= 0.3 is 15.6 Å². The summed E-state index contributed by atoms with van der Waals surface area (Å²) in [5, 5.41) is 0. The monoisotopic (exact) mass is 310 g/mol. The van der Waals surface area contributed by atoms with Gasteiger partial charge in [0.15, 0.2) is 12.0 Å². The largest absolute Gasteiger partial charge is 0.534 e. The van der Waals surface area contributed by atoms with Crippen molar-refractivity contribution < 1.29 is 35.3 Å². The first-order valence-corrected chi connectivity index (χ1v) is 6.82. The zero-order valence-corrected chi connectivity index (χ0v) is 10.9. The van der Waals surface area contributed by atoms with Crippen LogP contribution in [0.5, 0.6) is 5.75 Å². The molecule has 2 unspecified atom stereocenters. The van der Waals surface area contributed by atoms with Gasteiger partial charge in [0.2, 0.25) is 0 Å². The van der Waals surface area contributed by atoms with Gasteiger partial charge in [-0.1, -0.05) is 6.07 Å². The van der Waals surface area contributed by atoms with Crippen molar-refractivity contribution in [3.63, 3.8) is 0 Å². The van der Waals surface area contributed by atoms with Gasteiger partial charge in [0, 0.05) is 0 Å². The molecule has 1 saturated heterocycles. The molecule has 1 aromatic rings. The Balaban J connectivity index is 2.31. The van der Waals surface area contributed by atoms with Crippen LogP contribution in [0.4, 0.5) is 13.2 Å². The molecule has 2 atom stereocenters. The van der Waals surface area contributed by atoms with Crippen molar-refractivity contribution in [3.05, 3.63) is 29.3 Å². The molecule has 110 valence electrons. The number of carbonyl (C=O) groups is 1. The van der Waals surface area contributed by atoms with Gasteiger partial charge in [-0.05, 0) is 24.6 Å². The van der Waals surface area contributed by atoms with Gasteiger partial charge in [-0.2, -0.15) is 21.6 Å². The predicted molar refractivity (Wildman–Crippen MR) is 60.7 cm³/mol. The third-order valence-electron chi connectivity index (χ3n) is 2.68. The van der Waals surface area contributed by atoms with Crippen LogP contribution < -0.4 is 4.18 Å². The number of rotatable bonds is 4. The summed E-state index contributed by atoms with van der Waals surface area (Å²) >= 11 is 0. The lowest BCUT2D eigenvalue weighted by atomic mass is 10.1. The summed E-state index contributed by atoms with van der Waals surface area (Å²) in [6.45, 7) is 1.78. The second-order valence-electron chi connectivity index (χ2n) is 4.16. The molecule has 1 aliphatic rings. The molecule has 1 heterocycles. The highest BCUT2D eigenvalue weighted by Gasteiger charge is 2.49. The Bertz CT molecular complexity index is 638. The Kier molecular flexibility index (Phi) is 3.51. The average molecular weight is 310 g/mol. The molecule has 5 nitrogen and oxygen atoms in total. The van der Waals surface area contributed by atoms with E-state index in [1.165, 1.54) is 12.1 Å². The van der Waals surface area contributed by atoms with Crippen LogP contribution in [0.3, 0.4) is 0 Å². The van der Waals surface area contributed by atoms with Crippen LogP contribution in [-0.2, 0) is 14.9 Å². The summed E-state index contributed by atoms with van der Waals surface area (Å²) in [5.74, 6) is -0.672. The molecule has 0 saturated carbocycles. The highest BCUT2D eigenvalue weighted by Crippen LogP contribution is 2.39. The van der Waals surface area contributed by atoms with E-state index in [-0.39, 0.29) is 24.1 Å². The van der Waals surface area contributed by atoms with Crippen molar-refractivity contribution in [1.82, 2.24) is 0 Å². The lowest BCUT2D eigenvalue weighted by molar-refractivity contribution is -0.0500. The van der Waals surface area contributed by atoms with Crippen molar-refractivity contribution in [2.24, 2.45) is 0 Å². The van der Waals surface area contributed by atoms with E-state index in [1.807, 2.05) is 0 Å². The van der Waals surface area contributed by atoms with E-state index in [9.17, 15) is 26.4 Å². The predicted octanol–water partition coefficient (Wildman–Crippen LogP) is 2.19. The number of aldehydes is 1. The Labute approximate surface area is 112 Å². The first-order valence-electron chi connectivity index (χ1n) is 5.41. The van der Waals surface area contributed by atoms with Crippen molar-refractivity contribution in [2.75, 3.05) is 0 Å². The van der Waals surface area contributed by atoms with E-state index in [2.05, 4.69) is 4.18 Å². The second-order valence-corrected chi connectivity index (χ2v) is 5.70. The van der Waals surface area contributed by atoms with Crippen molar-refractivity contribution in [1.29, 1.82) is 0 Å². The van der Waals surface area contributed by atoms with Crippen molar-refractivity contribution in [2.45, 2.75) is 24.6 Å². The average Bonchev–Trinajstić information content (AvgIpc) is 3.05. The van der Waals surface area contributed by atoms with E-state index in [0.29, 0.717) is 5.56 Å². The Morgan fingerprint density at radius 2 is 1.95 bits per heavy atom. The highest BCUT2D eigenvalue weighted by molar-refractivity contribution is 7.88. The molecular formula is C11H9F3O5S. The molecule has 1 fully saturated rings. The Morgan fingerprint density at radius 1 is 1.35 bits per heavy atom. The maximum atomic E-state index is 12.2. The molecule has 0 N–H and O–H groups in total. The van der Waals surface area contributed by atoms with Crippen molar-refractivity contribution in [3.8, 4) is 5.75 Å². The van der Waals surface area contributed by atoms with Gasteiger partial charge in [-0.3, -0.25) is 4.79 Å². The van der Waals surface area contributed by atoms with Crippen LogP contribution >= 0.6 is 0 Å². The van der Waals surface area contributed by atoms with Crippen LogP contribution in [0.2, 0.25) is 0 Å². The van der Waals surface area contributed by atoms with Gasteiger partial charge in [0.1, 0.15) is 6.10 Å². The Morgan fingerprint density at radius 3 is 2.40 bits per heavy atom. The standard InChI is InChI=1S/C11H9F3O5S/c1-6-10(18-6)7-2-3-9(8(4-7)5-15)19-20(16,17)11(12,13)14/h2-6,10H,1H3. The molecule has 1 aromatic carbocycles. The highest BCUT2D eigenvalue weighted by atomic mass is 32.2. The first kappa shape index (κ1) is 14.8. The number of ether oxygens (including phenoxy) is 1. The minimum absolute atomic E-state index is 0.0554. The maximum Gasteiger partial charge on any atom is 0.534 e. The minimum Gasteiger partial charge on any atom is -0.375 e. The van der Waals surface area contributed by atoms with E-state index in [0.717, 1.165) is 6.07 Å². The van der Waals surface area contributed by atoms with Crippen LogP contribution in [0.15, 0.2) is 18.2 Å². The number of halogens is 3. The molecule has 0 amide bonds. The number of benzene rings is 1. The van der Waals surface area contributed by atoms with Gasteiger partial charge < -0.3 is 8.92 Å². The molecule has 0 bridgehead atoms. The van der Waals surface area contributed by atoms with Crippen molar-refractivity contribution >= 4 is 16.4 Å². The zero-order valence-electron chi connectivity index (χ0n) is 10.0. The number of alkyl halides is 3. The molecular weight excluding hydrogens is 301 g/mol. The number of hydrogen-bond donors (Lipinski definition) is 0. The smallest absolute Gasteiger partial charge is 0.375 e. The molecule has 20 heavy (non-hydrogen) atoms. The number of epoxide rings is 1. The number of hydrogen-bond acceptors (Lipinski definition) is 5. The summed E-state index contributed by atoms with van der Waals surface area (Å²) in [6, 6.07) is 3.58. The number of carbonyl (C=O) groups excluding carboxylic acids is 1. The lowest BCUT2D eigenvalue weighted by Crippen LogP contribution is -2.28.